The van der Waals surface area contributed by atoms with Gasteiger partial charge in [-0.1, -0.05) is 40.8 Å². The Morgan fingerprint density at radius 1 is 1.19 bits per heavy atom. The Morgan fingerprint density at radius 3 is 2.31 bits per heavy atom. The Hall–Kier alpha value is -0.0731. The Bertz CT molecular complexity index is 298. The molecule has 0 radical (unpaired) electrons. The molecule has 90 valence electrons. The van der Waals surface area contributed by atoms with Crippen LogP contribution in [0.5, 0.6) is 5.75 Å². The molecule has 1 aromatic carbocycles. The highest BCUT2D eigenvalue weighted by Gasteiger charge is 2.20. The third kappa shape index (κ3) is 5.86. The predicted molar refractivity (Wildman–Crippen MR) is 79.0 cm³/mol. The van der Waals surface area contributed by atoms with Gasteiger partial charge in [0.05, 0.1) is 6.10 Å². The Kier molecular flexibility index (Phi) is 5.78. The second kappa shape index (κ2) is 6.61. The van der Waals surface area contributed by atoms with E-state index in [-0.39, 0.29) is 6.10 Å². The second-order valence-corrected chi connectivity index (χ2v) is 9.97. The molecule has 0 saturated carbocycles. The van der Waals surface area contributed by atoms with Gasteiger partial charge in [-0.05, 0) is 31.8 Å². The second-order valence-electron chi connectivity index (χ2n) is 4.63. The van der Waals surface area contributed by atoms with Crippen LogP contribution in [0.15, 0.2) is 30.3 Å². The summed E-state index contributed by atoms with van der Waals surface area (Å²) in [7, 11) is -1.46. The molecule has 1 atom stereocenters. The van der Waals surface area contributed by atoms with Crippen LogP contribution in [0.4, 0.5) is 0 Å². The van der Waals surface area contributed by atoms with Crippen LogP contribution in [0.1, 0.15) is 0 Å². The zero-order valence-electron chi connectivity index (χ0n) is 10.1. The van der Waals surface area contributed by atoms with Crippen molar-refractivity contribution in [2.75, 3.05) is 11.0 Å². The summed E-state index contributed by atoms with van der Waals surface area (Å²) in [5.74, 6) is 0.913. The topological polar surface area (TPSA) is 18.5 Å². The Labute approximate surface area is 113 Å². The lowest BCUT2D eigenvalue weighted by atomic mass is 10.3. The number of hydrogen-bond acceptors (Lipinski definition) is 2. The highest BCUT2D eigenvalue weighted by atomic mass is 127. The van der Waals surface area contributed by atoms with Crippen molar-refractivity contribution in [3.05, 3.63) is 30.3 Å². The van der Waals surface area contributed by atoms with Gasteiger partial charge in [-0.2, -0.15) is 0 Å². The third-order valence-electron chi connectivity index (χ3n) is 1.87. The van der Waals surface area contributed by atoms with Crippen molar-refractivity contribution < 1.29 is 9.16 Å². The SMILES string of the molecule is C[Si](C)(C)OC(CI)COc1ccccc1. The standard InChI is InChI=1S/C12H19IO2Si/c1-16(2,3)15-12(9-13)10-14-11-7-5-4-6-8-11/h4-8,12H,9-10H2,1-3H3. The van der Waals surface area contributed by atoms with E-state index in [1.807, 2.05) is 30.3 Å². The molecular formula is C12H19IO2Si. The maximum Gasteiger partial charge on any atom is 0.184 e. The lowest BCUT2D eigenvalue weighted by molar-refractivity contribution is 0.143. The van der Waals surface area contributed by atoms with Gasteiger partial charge in [0, 0.05) is 4.43 Å². The maximum absolute atomic E-state index is 6.02. The molecule has 0 saturated heterocycles. The van der Waals surface area contributed by atoms with Crippen molar-refractivity contribution >= 4 is 30.9 Å². The molecule has 4 heteroatoms. The van der Waals surface area contributed by atoms with Crippen LogP contribution in [0.2, 0.25) is 19.6 Å². The highest BCUT2D eigenvalue weighted by Crippen LogP contribution is 2.13. The lowest BCUT2D eigenvalue weighted by Gasteiger charge is -2.25. The summed E-state index contributed by atoms with van der Waals surface area (Å²) in [6.07, 6.45) is 0.201. The van der Waals surface area contributed by atoms with Gasteiger partial charge in [-0.3, -0.25) is 0 Å². The monoisotopic (exact) mass is 350 g/mol. The predicted octanol–water partition coefficient (Wildman–Crippen LogP) is 3.72. The van der Waals surface area contributed by atoms with Gasteiger partial charge in [0.25, 0.3) is 0 Å². The molecule has 2 nitrogen and oxygen atoms in total. The molecule has 0 fully saturated rings. The maximum atomic E-state index is 6.02. The Morgan fingerprint density at radius 2 is 1.81 bits per heavy atom. The molecule has 0 aliphatic carbocycles. The van der Waals surface area contributed by atoms with Gasteiger partial charge < -0.3 is 9.16 Å². The Balaban J connectivity index is 2.40. The van der Waals surface area contributed by atoms with E-state index in [0.29, 0.717) is 6.61 Å². The van der Waals surface area contributed by atoms with Crippen molar-refractivity contribution in [2.24, 2.45) is 0 Å². The summed E-state index contributed by atoms with van der Waals surface area (Å²) in [6, 6.07) is 9.89. The first-order valence-electron chi connectivity index (χ1n) is 5.43. The molecule has 1 unspecified atom stereocenters. The number of rotatable bonds is 6. The minimum atomic E-state index is -1.46. The first kappa shape index (κ1) is 14.0. The van der Waals surface area contributed by atoms with Crippen LogP contribution in [0, 0.1) is 0 Å². The molecule has 1 rings (SSSR count). The van der Waals surface area contributed by atoms with Crippen molar-refractivity contribution in [3.63, 3.8) is 0 Å². The van der Waals surface area contributed by atoms with E-state index in [4.69, 9.17) is 9.16 Å². The lowest BCUT2D eigenvalue weighted by Crippen LogP contribution is -2.36. The molecule has 0 bridgehead atoms. The quantitative estimate of drug-likeness (QED) is 0.442. The van der Waals surface area contributed by atoms with Crippen LogP contribution in [0.3, 0.4) is 0 Å². The van der Waals surface area contributed by atoms with Crippen LogP contribution in [-0.2, 0) is 4.43 Å². The number of halogens is 1. The summed E-state index contributed by atoms with van der Waals surface area (Å²) >= 11 is 2.35. The first-order chi connectivity index (χ1) is 7.51. The fraction of sp³-hybridized carbons (Fsp3) is 0.500. The summed E-state index contributed by atoms with van der Waals surface area (Å²) < 4.78 is 12.7. The van der Waals surface area contributed by atoms with E-state index in [1.54, 1.807) is 0 Å². The van der Waals surface area contributed by atoms with Crippen LogP contribution in [-0.4, -0.2) is 25.5 Å². The van der Waals surface area contributed by atoms with Gasteiger partial charge in [0.2, 0.25) is 0 Å². The van der Waals surface area contributed by atoms with Crippen LogP contribution < -0.4 is 4.74 Å². The van der Waals surface area contributed by atoms with E-state index in [9.17, 15) is 0 Å². The van der Waals surface area contributed by atoms with Crippen LogP contribution >= 0.6 is 22.6 Å². The van der Waals surface area contributed by atoms with Crippen molar-refractivity contribution in [2.45, 2.75) is 25.7 Å². The zero-order valence-corrected chi connectivity index (χ0v) is 13.2. The van der Waals surface area contributed by atoms with E-state index in [2.05, 4.69) is 42.2 Å². The average molecular weight is 350 g/mol. The highest BCUT2D eigenvalue weighted by molar-refractivity contribution is 14.1. The number of para-hydroxylation sites is 1. The molecule has 0 amide bonds. The minimum Gasteiger partial charge on any atom is -0.491 e. The van der Waals surface area contributed by atoms with Crippen molar-refractivity contribution in [1.82, 2.24) is 0 Å². The first-order valence-corrected chi connectivity index (χ1v) is 10.4. The van der Waals surface area contributed by atoms with Crippen molar-refractivity contribution in [3.8, 4) is 5.75 Å². The van der Waals surface area contributed by atoms with Crippen molar-refractivity contribution in [1.29, 1.82) is 0 Å². The van der Waals surface area contributed by atoms with Gasteiger partial charge in [-0.25, -0.2) is 0 Å². The summed E-state index contributed by atoms with van der Waals surface area (Å²) in [5.41, 5.74) is 0. The largest absolute Gasteiger partial charge is 0.491 e. The molecule has 0 heterocycles. The molecule has 0 spiro atoms. The molecular weight excluding hydrogens is 331 g/mol. The summed E-state index contributed by atoms with van der Waals surface area (Å²) in [6.45, 7) is 7.25. The van der Waals surface area contributed by atoms with E-state index in [0.717, 1.165) is 10.2 Å². The number of ether oxygens (including phenoxy) is 1. The summed E-state index contributed by atoms with van der Waals surface area (Å²) in [5, 5.41) is 0. The molecule has 0 aromatic heterocycles. The number of benzene rings is 1. The fourth-order valence-electron chi connectivity index (χ4n) is 1.32. The zero-order chi connectivity index (χ0) is 12.0. The molecule has 16 heavy (non-hydrogen) atoms. The van der Waals surface area contributed by atoms with Gasteiger partial charge in [-0.15, -0.1) is 0 Å². The van der Waals surface area contributed by atoms with E-state index in [1.165, 1.54) is 0 Å². The molecule has 1 aromatic rings. The van der Waals surface area contributed by atoms with Gasteiger partial charge in [0.1, 0.15) is 12.4 Å². The van der Waals surface area contributed by atoms with Crippen LogP contribution in [0.25, 0.3) is 0 Å². The summed E-state index contributed by atoms with van der Waals surface area (Å²) in [4.78, 5) is 0. The van der Waals surface area contributed by atoms with E-state index >= 15 is 0 Å². The molecule has 0 aliphatic rings. The number of alkyl halides is 1. The number of hydrogen-bond donors (Lipinski definition) is 0. The third-order valence-corrected chi connectivity index (χ3v) is 3.89. The average Bonchev–Trinajstić information content (AvgIpc) is 2.24. The molecule has 0 aliphatic heterocycles. The molecule has 0 N–H and O–H groups in total. The normalized spacial score (nSPS) is 13.5. The van der Waals surface area contributed by atoms with Gasteiger partial charge >= 0.3 is 0 Å². The fourth-order valence-corrected chi connectivity index (χ4v) is 3.24. The van der Waals surface area contributed by atoms with Gasteiger partial charge in [0.15, 0.2) is 8.32 Å². The van der Waals surface area contributed by atoms with E-state index < -0.39 is 8.32 Å². The smallest absolute Gasteiger partial charge is 0.184 e. The minimum absolute atomic E-state index is 0.201.